The smallest absolute Gasteiger partial charge is 0.246 e. The second-order valence-electron chi connectivity index (χ2n) is 5.80. The van der Waals surface area contributed by atoms with Crippen molar-refractivity contribution in [1.29, 1.82) is 0 Å². The summed E-state index contributed by atoms with van der Waals surface area (Å²) in [6.07, 6.45) is 4.68. The van der Waals surface area contributed by atoms with Crippen LogP contribution in [0.4, 0.5) is 0 Å². The van der Waals surface area contributed by atoms with E-state index in [0.29, 0.717) is 13.1 Å². The van der Waals surface area contributed by atoms with Gasteiger partial charge in [-0.15, -0.1) is 0 Å². The van der Waals surface area contributed by atoms with Crippen LogP contribution < -0.4 is 4.74 Å². The molecule has 21 heavy (non-hydrogen) atoms. The van der Waals surface area contributed by atoms with Gasteiger partial charge in [0.05, 0.1) is 18.8 Å². The third-order valence-corrected chi connectivity index (χ3v) is 3.86. The number of morpholine rings is 1. The molecule has 0 aromatic heterocycles. The van der Waals surface area contributed by atoms with Crippen LogP contribution in [0.25, 0.3) is 6.08 Å². The fourth-order valence-electron chi connectivity index (χ4n) is 2.94. The lowest BCUT2D eigenvalue weighted by molar-refractivity contribution is -0.137. The number of hydrogen-bond donors (Lipinski definition) is 0. The van der Waals surface area contributed by atoms with Crippen LogP contribution in [-0.4, -0.2) is 42.7 Å². The largest absolute Gasteiger partial charge is 0.493 e. The van der Waals surface area contributed by atoms with Gasteiger partial charge in [0.25, 0.3) is 0 Å². The molecule has 112 valence electrons. The van der Waals surface area contributed by atoms with Gasteiger partial charge >= 0.3 is 0 Å². The number of benzene rings is 1. The van der Waals surface area contributed by atoms with Crippen LogP contribution in [0.2, 0.25) is 0 Å². The summed E-state index contributed by atoms with van der Waals surface area (Å²) in [7, 11) is 0. The minimum absolute atomic E-state index is 0.0498. The van der Waals surface area contributed by atoms with Gasteiger partial charge in [-0.2, -0.15) is 0 Å². The predicted octanol–water partition coefficient (Wildman–Crippen LogP) is 2.27. The van der Waals surface area contributed by atoms with E-state index in [9.17, 15) is 4.79 Å². The van der Waals surface area contributed by atoms with Crippen LogP contribution in [0.1, 0.15) is 25.0 Å². The lowest BCUT2D eigenvalue weighted by Gasteiger charge is -2.34. The maximum absolute atomic E-state index is 12.3. The molecular formula is C17H21NO3. The summed E-state index contributed by atoms with van der Waals surface area (Å²) in [4.78, 5) is 14.1. The summed E-state index contributed by atoms with van der Waals surface area (Å²) in [5.41, 5.74) is 2.26. The Morgan fingerprint density at radius 2 is 2.05 bits per heavy atom. The van der Waals surface area contributed by atoms with Crippen molar-refractivity contribution in [2.75, 3.05) is 19.7 Å². The van der Waals surface area contributed by atoms with Gasteiger partial charge in [0, 0.05) is 25.6 Å². The van der Waals surface area contributed by atoms with Crippen LogP contribution in [0.15, 0.2) is 24.3 Å². The van der Waals surface area contributed by atoms with Gasteiger partial charge in [-0.05, 0) is 43.2 Å². The van der Waals surface area contributed by atoms with Gasteiger partial charge in [-0.25, -0.2) is 0 Å². The van der Waals surface area contributed by atoms with Gasteiger partial charge in [-0.1, -0.05) is 6.07 Å². The van der Waals surface area contributed by atoms with E-state index in [4.69, 9.17) is 9.47 Å². The molecule has 2 heterocycles. The highest BCUT2D eigenvalue weighted by Gasteiger charge is 2.24. The Kier molecular flexibility index (Phi) is 3.97. The number of amides is 1. The van der Waals surface area contributed by atoms with Crippen molar-refractivity contribution >= 4 is 12.0 Å². The maximum Gasteiger partial charge on any atom is 0.246 e. The molecule has 0 aliphatic carbocycles. The minimum atomic E-state index is 0.0498. The number of ether oxygens (including phenoxy) is 2. The van der Waals surface area contributed by atoms with Crippen molar-refractivity contribution < 1.29 is 14.3 Å². The Morgan fingerprint density at radius 3 is 2.81 bits per heavy atom. The second-order valence-corrected chi connectivity index (χ2v) is 5.80. The summed E-state index contributed by atoms with van der Waals surface area (Å²) in [6.45, 7) is 6.07. The number of carbonyl (C=O) groups is 1. The first-order valence-corrected chi connectivity index (χ1v) is 7.50. The molecule has 0 radical (unpaired) electrons. The van der Waals surface area contributed by atoms with Gasteiger partial charge in [0.2, 0.25) is 5.91 Å². The molecule has 2 aliphatic heterocycles. The van der Waals surface area contributed by atoms with Crippen molar-refractivity contribution in [2.45, 2.75) is 32.5 Å². The summed E-state index contributed by atoms with van der Waals surface area (Å²) >= 11 is 0. The van der Waals surface area contributed by atoms with Crippen LogP contribution in [0, 0.1) is 0 Å². The Hall–Kier alpha value is -1.81. The van der Waals surface area contributed by atoms with Crippen molar-refractivity contribution in [1.82, 2.24) is 4.90 Å². The SMILES string of the molecule is CC1CN(C(=O)/C=C/c2ccc3c(c2)CCO3)CC(C)O1. The maximum atomic E-state index is 12.3. The van der Waals surface area contributed by atoms with E-state index in [2.05, 4.69) is 6.07 Å². The van der Waals surface area contributed by atoms with E-state index in [-0.39, 0.29) is 18.1 Å². The first-order chi connectivity index (χ1) is 10.1. The molecule has 2 atom stereocenters. The molecule has 2 aliphatic rings. The zero-order valence-electron chi connectivity index (χ0n) is 12.5. The van der Waals surface area contributed by atoms with Crippen molar-refractivity contribution in [3.8, 4) is 5.75 Å². The number of nitrogens with zero attached hydrogens (tertiary/aromatic N) is 1. The van der Waals surface area contributed by atoms with Crippen LogP contribution >= 0.6 is 0 Å². The third-order valence-electron chi connectivity index (χ3n) is 3.86. The predicted molar refractivity (Wildman–Crippen MR) is 81.3 cm³/mol. The molecule has 0 N–H and O–H groups in total. The number of hydrogen-bond acceptors (Lipinski definition) is 3. The van der Waals surface area contributed by atoms with Crippen LogP contribution in [0.5, 0.6) is 5.75 Å². The minimum Gasteiger partial charge on any atom is -0.493 e. The molecule has 4 nitrogen and oxygen atoms in total. The normalized spacial score (nSPS) is 25.0. The van der Waals surface area contributed by atoms with Crippen molar-refractivity contribution in [3.05, 3.63) is 35.4 Å². The summed E-state index contributed by atoms with van der Waals surface area (Å²) in [5, 5.41) is 0. The van der Waals surface area contributed by atoms with Gasteiger partial charge < -0.3 is 14.4 Å². The molecule has 1 amide bonds. The lowest BCUT2D eigenvalue weighted by atomic mass is 10.1. The Morgan fingerprint density at radius 1 is 1.29 bits per heavy atom. The quantitative estimate of drug-likeness (QED) is 0.783. The molecule has 1 fully saturated rings. The lowest BCUT2D eigenvalue weighted by Crippen LogP contribution is -2.47. The van der Waals surface area contributed by atoms with E-state index in [0.717, 1.165) is 24.3 Å². The first-order valence-electron chi connectivity index (χ1n) is 7.50. The molecular weight excluding hydrogens is 266 g/mol. The monoisotopic (exact) mass is 287 g/mol. The highest BCUT2D eigenvalue weighted by atomic mass is 16.5. The second kappa shape index (κ2) is 5.90. The molecule has 0 saturated carbocycles. The molecule has 1 saturated heterocycles. The highest BCUT2D eigenvalue weighted by molar-refractivity contribution is 5.92. The first kappa shape index (κ1) is 14.1. The third kappa shape index (κ3) is 3.27. The molecule has 1 aromatic rings. The zero-order valence-corrected chi connectivity index (χ0v) is 12.5. The molecule has 1 aromatic carbocycles. The summed E-state index contributed by atoms with van der Waals surface area (Å²) in [5.74, 6) is 1.02. The number of carbonyl (C=O) groups excluding carboxylic acids is 1. The molecule has 2 unspecified atom stereocenters. The highest BCUT2D eigenvalue weighted by Crippen LogP contribution is 2.26. The molecule has 0 bridgehead atoms. The fourth-order valence-corrected chi connectivity index (χ4v) is 2.94. The van der Waals surface area contributed by atoms with Gasteiger partial charge in [0.15, 0.2) is 0 Å². The molecule has 0 spiro atoms. The van der Waals surface area contributed by atoms with E-state index in [1.54, 1.807) is 6.08 Å². The van der Waals surface area contributed by atoms with Gasteiger partial charge in [0.1, 0.15) is 5.75 Å². The Balaban J connectivity index is 1.66. The average Bonchev–Trinajstić information content (AvgIpc) is 2.91. The average molecular weight is 287 g/mol. The van der Waals surface area contributed by atoms with Crippen LogP contribution in [0.3, 0.4) is 0 Å². The summed E-state index contributed by atoms with van der Waals surface area (Å²) in [6, 6.07) is 6.06. The number of rotatable bonds is 2. The van der Waals surface area contributed by atoms with E-state index < -0.39 is 0 Å². The number of fused-ring (bicyclic) bond motifs is 1. The van der Waals surface area contributed by atoms with E-state index in [1.165, 1.54) is 5.56 Å². The van der Waals surface area contributed by atoms with Crippen molar-refractivity contribution in [3.63, 3.8) is 0 Å². The Bertz CT molecular complexity index is 557. The van der Waals surface area contributed by atoms with E-state index in [1.807, 2.05) is 37.0 Å². The molecule has 3 rings (SSSR count). The van der Waals surface area contributed by atoms with Crippen LogP contribution in [-0.2, 0) is 16.0 Å². The molecule has 4 heteroatoms. The fraction of sp³-hybridized carbons (Fsp3) is 0.471. The van der Waals surface area contributed by atoms with Crippen molar-refractivity contribution in [2.24, 2.45) is 0 Å². The summed E-state index contributed by atoms with van der Waals surface area (Å²) < 4.78 is 11.1. The zero-order chi connectivity index (χ0) is 14.8. The van der Waals surface area contributed by atoms with Gasteiger partial charge in [-0.3, -0.25) is 4.79 Å². The Labute approximate surface area is 125 Å². The standard InChI is InChI=1S/C17H21NO3/c1-12-10-18(11-13(2)21-12)17(19)6-4-14-3-5-16-15(9-14)7-8-20-16/h3-6,9,12-13H,7-8,10-11H2,1-2H3/b6-4+. The van der Waals surface area contributed by atoms with E-state index >= 15 is 0 Å². The topological polar surface area (TPSA) is 38.8 Å².